The Morgan fingerprint density at radius 1 is 0.383 bits per heavy atom. The minimum Gasteiger partial charge on any atom is -0.462 e. The molecule has 0 aliphatic carbocycles. The molecule has 5 heteroatoms. The standard InChI is InChI=1S/C55H104O5/c1-3-5-7-9-11-13-14-15-16-17-18-19-20-21-22-23-24-25-26-27-28-29-30-31-32-33-34-35-36-37-38-39-40-42-44-46-48-50-55(58)60-53(51-56)52-59-54(57)49-47-45-43-41-12-10-8-6-4-2/h14-15,17-18,53,56H,3-13,16,19-52H2,1-2H3/b15-14-,18-17-. The highest BCUT2D eigenvalue weighted by molar-refractivity contribution is 5.70. The fourth-order valence-corrected chi connectivity index (χ4v) is 8.18. The van der Waals surface area contributed by atoms with Crippen molar-refractivity contribution in [2.75, 3.05) is 13.2 Å². The van der Waals surface area contributed by atoms with Gasteiger partial charge in [-0.15, -0.1) is 0 Å². The van der Waals surface area contributed by atoms with E-state index in [2.05, 4.69) is 38.2 Å². The summed E-state index contributed by atoms with van der Waals surface area (Å²) in [4.78, 5) is 24.3. The van der Waals surface area contributed by atoms with Gasteiger partial charge in [-0.3, -0.25) is 9.59 Å². The van der Waals surface area contributed by atoms with E-state index in [1.54, 1.807) is 0 Å². The number of ether oxygens (including phenoxy) is 2. The number of aliphatic hydroxyl groups is 1. The third-order valence-corrected chi connectivity index (χ3v) is 12.2. The Kier molecular flexibility index (Phi) is 50.3. The molecule has 5 nitrogen and oxygen atoms in total. The number of hydrogen-bond donors (Lipinski definition) is 1. The number of esters is 2. The van der Waals surface area contributed by atoms with Gasteiger partial charge in [-0.05, 0) is 44.9 Å². The third kappa shape index (κ3) is 49.0. The lowest BCUT2D eigenvalue weighted by Crippen LogP contribution is -2.28. The summed E-state index contributed by atoms with van der Waals surface area (Å²) in [6.07, 6.45) is 64.7. The van der Waals surface area contributed by atoms with Crippen molar-refractivity contribution in [1.29, 1.82) is 0 Å². The molecule has 0 aliphatic rings. The quantitative estimate of drug-likeness (QED) is 0.0375. The van der Waals surface area contributed by atoms with Crippen LogP contribution in [0.1, 0.15) is 296 Å². The Bertz CT molecular complexity index is 913. The van der Waals surface area contributed by atoms with Crippen molar-refractivity contribution in [1.82, 2.24) is 0 Å². The van der Waals surface area contributed by atoms with Crippen molar-refractivity contribution in [3.8, 4) is 0 Å². The van der Waals surface area contributed by atoms with Crippen molar-refractivity contribution < 1.29 is 24.2 Å². The van der Waals surface area contributed by atoms with Crippen LogP contribution in [0.4, 0.5) is 0 Å². The lowest BCUT2D eigenvalue weighted by molar-refractivity contribution is -0.161. The summed E-state index contributed by atoms with van der Waals surface area (Å²) < 4.78 is 10.6. The molecule has 0 fully saturated rings. The van der Waals surface area contributed by atoms with E-state index in [-0.39, 0.29) is 25.2 Å². The maximum atomic E-state index is 12.2. The number of unbranched alkanes of at least 4 members (excludes halogenated alkanes) is 38. The SMILES string of the molecule is CCCCCCC/C=C\C/C=C\CCCCCCCCCCCCCCCCCCCCCCCCCCCC(=O)OC(CO)COC(=O)CCCCCCCCCCC. The molecule has 0 heterocycles. The number of hydrogen-bond acceptors (Lipinski definition) is 5. The first-order valence-corrected chi connectivity index (χ1v) is 26.9. The van der Waals surface area contributed by atoms with Gasteiger partial charge in [-0.1, -0.05) is 263 Å². The molecule has 0 bridgehead atoms. The highest BCUT2D eigenvalue weighted by atomic mass is 16.6. The molecule has 0 aromatic rings. The molecular weight excluding hydrogens is 741 g/mol. The number of allylic oxidation sites excluding steroid dienone is 4. The van der Waals surface area contributed by atoms with E-state index in [1.165, 1.54) is 225 Å². The summed E-state index contributed by atoms with van der Waals surface area (Å²) in [6.45, 7) is 4.13. The van der Waals surface area contributed by atoms with Crippen LogP contribution < -0.4 is 0 Å². The summed E-state index contributed by atoms with van der Waals surface area (Å²) in [5.74, 6) is -0.578. The van der Waals surface area contributed by atoms with Gasteiger partial charge < -0.3 is 14.6 Å². The minimum atomic E-state index is -0.764. The Labute approximate surface area is 374 Å². The second kappa shape index (κ2) is 51.7. The van der Waals surface area contributed by atoms with Gasteiger partial charge in [-0.25, -0.2) is 0 Å². The monoisotopic (exact) mass is 845 g/mol. The molecule has 0 spiro atoms. The van der Waals surface area contributed by atoms with Crippen LogP contribution in [0.2, 0.25) is 0 Å². The van der Waals surface area contributed by atoms with E-state index >= 15 is 0 Å². The van der Waals surface area contributed by atoms with Crippen molar-refractivity contribution in [2.45, 2.75) is 302 Å². The smallest absolute Gasteiger partial charge is 0.306 e. The van der Waals surface area contributed by atoms with E-state index < -0.39 is 6.10 Å². The second-order valence-corrected chi connectivity index (χ2v) is 18.3. The van der Waals surface area contributed by atoms with Gasteiger partial charge in [0.15, 0.2) is 6.10 Å². The van der Waals surface area contributed by atoms with Gasteiger partial charge in [-0.2, -0.15) is 0 Å². The van der Waals surface area contributed by atoms with Crippen molar-refractivity contribution in [3.63, 3.8) is 0 Å². The van der Waals surface area contributed by atoms with Crippen molar-refractivity contribution in [3.05, 3.63) is 24.3 Å². The molecule has 60 heavy (non-hydrogen) atoms. The summed E-state index contributed by atoms with van der Waals surface area (Å²) in [6, 6.07) is 0. The Balaban J connectivity index is 3.33. The lowest BCUT2D eigenvalue weighted by Gasteiger charge is -2.15. The van der Waals surface area contributed by atoms with Crippen LogP contribution in [-0.4, -0.2) is 36.4 Å². The van der Waals surface area contributed by atoms with Gasteiger partial charge in [0.05, 0.1) is 6.61 Å². The Morgan fingerprint density at radius 2 is 0.667 bits per heavy atom. The second-order valence-electron chi connectivity index (χ2n) is 18.3. The number of carbonyl (C=O) groups excluding carboxylic acids is 2. The van der Waals surface area contributed by atoms with E-state index in [4.69, 9.17) is 9.47 Å². The molecule has 0 radical (unpaired) electrons. The fraction of sp³-hybridized carbons (Fsp3) is 0.891. The largest absolute Gasteiger partial charge is 0.462 e. The summed E-state index contributed by atoms with van der Waals surface area (Å²) >= 11 is 0. The number of rotatable bonds is 50. The van der Waals surface area contributed by atoms with Crippen LogP contribution in [-0.2, 0) is 19.1 Å². The fourth-order valence-electron chi connectivity index (χ4n) is 8.18. The van der Waals surface area contributed by atoms with Crippen LogP contribution in [0.15, 0.2) is 24.3 Å². The van der Waals surface area contributed by atoms with Gasteiger partial charge in [0.1, 0.15) is 6.61 Å². The van der Waals surface area contributed by atoms with E-state index in [0.29, 0.717) is 12.8 Å². The van der Waals surface area contributed by atoms with Gasteiger partial charge in [0.25, 0.3) is 0 Å². The molecule has 1 unspecified atom stereocenters. The van der Waals surface area contributed by atoms with E-state index in [0.717, 1.165) is 44.9 Å². The van der Waals surface area contributed by atoms with Gasteiger partial charge in [0, 0.05) is 12.8 Å². The van der Waals surface area contributed by atoms with Crippen LogP contribution >= 0.6 is 0 Å². The predicted molar refractivity (Wildman–Crippen MR) is 261 cm³/mol. The molecule has 1 N–H and O–H groups in total. The predicted octanol–water partition coefficient (Wildman–Crippen LogP) is 17.8. The maximum Gasteiger partial charge on any atom is 0.306 e. The number of carbonyl (C=O) groups is 2. The van der Waals surface area contributed by atoms with Gasteiger partial charge >= 0.3 is 11.9 Å². The lowest BCUT2D eigenvalue weighted by atomic mass is 10.0. The first kappa shape index (κ1) is 58.4. The highest BCUT2D eigenvalue weighted by Crippen LogP contribution is 2.17. The normalized spacial score (nSPS) is 12.2. The zero-order valence-corrected chi connectivity index (χ0v) is 40.5. The van der Waals surface area contributed by atoms with Crippen LogP contribution in [0, 0.1) is 0 Å². The minimum absolute atomic E-state index is 0.0591. The summed E-state index contributed by atoms with van der Waals surface area (Å²) in [5, 5.41) is 9.57. The van der Waals surface area contributed by atoms with Gasteiger partial charge in [0.2, 0.25) is 0 Å². The molecule has 0 aromatic carbocycles. The van der Waals surface area contributed by atoms with Crippen LogP contribution in [0.3, 0.4) is 0 Å². The van der Waals surface area contributed by atoms with E-state index in [9.17, 15) is 14.7 Å². The molecule has 0 saturated heterocycles. The van der Waals surface area contributed by atoms with Crippen molar-refractivity contribution in [2.24, 2.45) is 0 Å². The Hall–Kier alpha value is -1.62. The molecular formula is C55H104O5. The summed E-state index contributed by atoms with van der Waals surface area (Å²) in [7, 11) is 0. The molecule has 0 saturated carbocycles. The number of aliphatic hydroxyl groups excluding tert-OH is 1. The average molecular weight is 845 g/mol. The third-order valence-electron chi connectivity index (χ3n) is 12.2. The van der Waals surface area contributed by atoms with Crippen molar-refractivity contribution >= 4 is 11.9 Å². The van der Waals surface area contributed by atoms with E-state index in [1.807, 2.05) is 0 Å². The zero-order chi connectivity index (χ0) is 43.5. The summed E-state index contributed by atoms with van der Waals surface area (Å²) in [5.41, 5.74) is 0. The molecule has 0 aliphatic heterocycles. The maximum absolute atomic E-state index is 12.2. The first-order valence-electron chi connectivity index (χ1n) is 26.9. The topological polar surface area (TPSA) is 72.8 Å². The molecule has 0 rings (SSSR count). The Morgan fingerprint density at radius 3 is 0.983 bits per heavy atom. The average Bonchev–Trinajstić information content (AvgIpc) is 3.25. The van der Waals surface area contributed by atoms with Crippen LogP contribution in [0.5, 0.6) is 0 Å². The molecule has 354 valence electrons. The van der Waals surface area contributed by atoms with Crippen LogP contribution in [0.25, 0.3) is 0 Å². The zero-order valence-electron chi connectivity index (χ0n) is 40.5. The molecule has 0 amide bonds. The first-order chi connectivity index (χ1) is 29.6. The molecule has 0 aromatic heterocycles. The highest BCUT2D eigenvalue weighted by Gasteiger charge is 2.16. The molecule has 1 atom stereocenters.